The zero-order valence-corrected chi connectivity index (χ0v) is 19.0. The first-order valence-corrected chi connectivity index (χ1v) is 10.1. The molecule has 0 bridgehead atoms. The lowest BCUT2D eigenvalue weighted by Crippen LogP contribution is -2.40. The molecule has 2 N–H and O–H groups in total. The summed E-state index contributed by atoms with van der Waals surface area (Å²) in [6.07, 6.45) is -4.59. The van der Waals surface area contributed by atoms with Gasteiger partial charge < -0.3 is 10.6 Å². The van der Waals surface area contributed by atoms with Crippen LogP contribution in [0, 0.1) is 19.7 Å². The van der Waals surface area contributed by atoms with Crippen LogP contribution in [-0.4, -0.2) is 12.5 Å². The molecule has 0 heterocycles. The lowest BCUT2D eigenvalue weighted by Gasteiger charge is -2.27. The van der Waals surface area contributed by atoms with E-state index in [1.54, 1.807) is 30.3 Å². The number of anilines is 1. The molecule has 176 valence electrons. The average molecular weight is 481 g/mol. The van der Waals surface area contributed by atoms with Gasteiger partial charge in [0.15, 0.2) is 0 Å². The van der Waals surface area contributed by atoms with Crippen LogP contribution in [0.3, 0.4) is 0 Å². The van der Waals surface area contributed by atoms with Crippen LogP contribution in [0.1, 0.15) is 33.9 Å². The quantitative estimate of drug-likeness (QED) is 0.429. The molecule has 3 rings (SSSR count). The summed E-state index contributed by atoms with van der Waals surface area (Å²) in [5, 5.41) is 0. The Kier molecular flexibility index (Phi) is 8.63. The largest absolute Gasteiger partial charge is 0.416 e. The van der Waals surface area contributed by atoms with Crippen molar-refractivity contribution in [1.29, 1.82) is 0 Å². The SMILES string of the molecule is Cc1ccc(N(CCc2ccc(C(F)(F)F)cc2F)C(=O)[C@@H](N)c2ccccc2)cc1C.Cl. The van der Waals surface area contributed by atoms with Gasteiger partial charge in [0.2, 0.25) is 5.91 Å². The zero-order chi connectivity index (χ0) is 23.5. The molecule has 0 aromatic heterocycles. The molecule has 0 spiro atoms. The van der Waals surface area contributed by atoms with Crippen molar-refractivity contribution in [1.82, 2.24) is 0 Å². The van der Waals surface area contributed by atoms with Crippen LogP contribution in [-0.2, 0) is 17.4 Å². The molecule has 3 aromatic carbocycles. The number of carbonyl (C=O) groups is 1. The number of amides is 1. The predicted octanol–water partition coefficient (Wildman–Crippen LogP) is 6.16. The molecule has 3 aromatic rings. The Morgan fingerprint density at radius 1 is 0.970 bits per heavy atom. The highest BCUT2D eigenvalue weighted by Gasteiger charge is 2.31. The summed E-state index contributed by atoms with van der Waals surface area (Å²) >= 11 is 0. The third kappa shape index (κ3) is 6.33. The predicted molar refractivity (Wildman–Crippen MR) is 124 cm³/mol. The van der Waals surface area contributed by atoms with Gasteiger partial charge in [-0.3, -0.25) is 4.79 Å². The highest BCUT2D eigenvalue weighted by molar-refractivity contribution is 5.97. The van der Waals surface area contributed by atoms with Gasteiger partial charge in [-0.15, -0.1) is 12.4 Å². The summed E-state index contributed by atoms with van der Waals surface area (Å²) in [5.41, 5.74) is 8.50. The van der Waals surface area contributed by atoms with E-state index in [-0.39, 0.29) is 36.8 Å². The Hall–Kier alpha value is -2.90. The van der Waals surface area contributed by atoms with Crippen LogP contribution < -0.4 is 10.6 Å². The maximum atomic E-state index is 14.3. The molecule has 0 aliphatic heterocycles. The third-order valence-corrected chi connectivity index (χ3v) is 5.48. The molecule has 0 aliphatic rings. The fourth-order valence-electron chi connectivity index (χ4n) is 3.39. The molecule has 0 unspecified atom stereocenters. The van der Waals surface area contributed by atoms with Crippen molar-refractivity contribution < 1.29 is 22.4 Å². The molecule has 3 nitrogen and oxygen atoms in total. The lowest BCUT2D eigenvalue weighted by molar-refractivity contribution is -0.137. The van der Waals surface area contributed by atoms with Crippen LogP contribution in [0.15, 0.2) is 66.7 Å². The van der Waals surface area contributed by atoms with Crippen LogP contribution in [0.5, 0.6) is 0 Å². The molecule has 0 saturated carbocycles. The highest BCUT2D eigenvalue weighted by atomic mass is 35.5. The van der Waals surface area contributed by atoms with Gasteiger partial charge in [-0.2, -0.15) is 13.2 Å². The number of alkyl halides is 3. The minimum Gasteiger partial charge on any atom is -0.316 e. The summed E-state index contributed by atoms with van der Waals surface area (Å²) < 4.78 is 52.8. The minimum atomic E-state index is -4.62. The van der Waals surface area contributed by atoms with Gasteiger partial charge >= 0.3 is 6.18 Å². The molecule has 33 heavy (non-hydrogen) atoms. The van der Waals surface area contributed by atoms with Crippen molar-refractivity contribution in [3.63, 3.8) is 0 Å². The first-order valence-electron chi connectivity index (χ1n) is 10.1. The standard InChI is InChI=1S/C25H24F4N2O.ClH/c1-16-8-11-21(14-17(16)2)31(24(32)23(30)19-6-4-3-5-7-19)13-12-18-9-10-20(15-22(18)26)25(27,28)29;/h3-11,14-15,23H,12-13,30H2,1-2H3;1H/t23-;/m0./s1. The highest BCUT2D eigenvalue weighted by Crippen LogP contribution is 2.30. The molecule has 0 aliphatic carbocycles. The summed E-state index contributed by atoms with van der Waals surface area (Å²) in [5.74, 6) is -1.34. The Balaban J connectivity index is 0.00000385. The Bertz CT molecular complexity index is 1100. The van der Waals surface area contributed by atoms with Crippen LogP contribution in [0.25, 0.3) is 0 Å². The van der Waals surface area contributed by atoms with E-state index in [1.165, 1.54) is 4.90 Å². The van der Waals surface area contributed by atoms with E-state index in [1.807, 2.05) is 32.0 Å². The lowest BCUT2D eigenvalue weighted by atomic mass is 10.0. The molecule has 0 fully saturated rings. The van der Waals surface area contributed by atoms with E-state index in [0.29, 0.717) is 17.3 Å². The smallest absolute Gasteiger partial charge is 0.316 e. The van der Waals surface area contributed by atoms with Crippen molar-refractivity contribution in [2.45, 2.75) is 32.5 Å². The average Bonchev–Trinajstić information content (AvgIpc) is 2.76. The van der Waals surface area contributed by atoms with E-state index in [2.05, 4.69) is 0 Å². The second-order valence-electron chi connectivity index (χ2n) is 7.70. The molecule has 0 radical (unpaired) electrons. The van der Waals surface area contributed by atoms with E-state index in [4.69, 9.17) is 5.73 Å². The number of hydrogen-bond acceptors (Lipinski definition) is 2. The molecular formula is C25H25ClF4N2O. The van der Waals surface area contributed by atoms with Crippen molar-refractivity contribution in [3.05, 3.63) is 100 Å². The Morgan fingerprint density at radius 3 is 2.21 bits per heavy atom. The monoisotopic (exact) mass is 480 g/mol. The Morgan fingerprint density at radius 2 is 1.64 bits per heavy atom. The zero-order valence-electron chi connectivity index (χ0n) is 18.2. The van der Waals surface area contributed by atoms with Crippen molar-refractivity contribution in [3.8, 4) is 0 Å². The van der Waals surface area contributed by atoms with Gasteiger partial charge in [0.25, 0.3) is 0 Å². The fraction of sp³-hybridized carbons (Fsp3) is 0.240. The third-order valence-electron chi connectivity index (χ3n) is 5.48. The molecular weight excluding hydrogens is 456 g/mol. The van der Waals surface area contributed by atoms with Crippen molar-refractivity contribution >= 4 is 24.0 Å². The number of halogens is 5. The summed E-state index contributed by atoms with van der Waals surface area (Å²) in [6.45, 7) is 3.91. The maximum Gasteiger partial charge on any atom is 0.416 e. The Labute approximate surface area is 196 Å². The second kappa shape index (κ2) is 10.8. The number of rotatable bonds is 6. The number of aryl methyl sites for hydroxylation is 2. The normalized spacial score (nSPS) is 12.1. The van der Waals surface area contributed by atoms with Gasteiger partial charge in [0.05, 0.1) is 5.56 Å². The number of carbonyl (C=O) groups excluding carboxylic acids is 1. The first kappa shape index (κ1) is 26.4. The molecule has 1 atom stereocenters. The van der Waals surface area contributed by atoms with Gasteiger partial charge in [0.1, 0.15) is 11.9 Å². The van der Waals surface area contributed by atoms with E-state index in [0.717, 1.165) is 23.3 Å². The van der Waals surface area contributed by atoms with Crippen molar-refractivity contribution in [2.75, 3.05) is 11.4 Å². The van der Waals surface area contributed by atoms with Crippen LogP contribution >= 0.6 is 12.4 Å². The van der Waals surface area contributed by atoms with Crippen molar-refractivity contribution in [2.24, 2.45) is 5.73 Å². The number of hydrogen-bond donors (Lipinski definition) is 1. The topological polar surface area (TPSA) is 46.3 Å². The van der Waals surface area contributed by atoms with E-state index < -0.39 is 23.6 Å². The second-order valence-corrected chi connectivity index (χ2v) is 7.70. The number of benzene rings is 3. The van der Waals surface area contributed by atoms with Gasteiger partial charge in [-0.25, -0.2) is 4.39 Å². The number of nitrogens with two attached hydrogens (primary N) is 1. The van der Waals surface area contributed by atoms with E-state index in [9.17, 15) is 22.4 Å². The first-order chi connectivity index (χ1) is 15.1. The molecule has 8 heteroatoms. The van der Waals surface area contributed by atoms with Crippen LogP contribution in [0.4, 0.5) is 23.2 Å². The van der Waals surface area contributed by atoms with Gasteiger partial charge in [0, 0.05) is 12.2 Å². The van der Waals surface area contributed by atoms with E-state index >= 15 is 0 Å². The number of nitrogens with zero attached hydrogens (tertiary/aromatic N) is 1. The fourth-order valence-corrected chi connectivity index (χ4v) is 3.39. The molecule has 1 amide bonds. The summed E-state index contributed by atoms with van der Waals surface area (Å²) in [7, 11) is 0. The summed E-state index contributed by atoms with van der Waals surface area (Å²) in [4.78, 5) is 14.8. The maximum absolute atomic E-state index is 14.3. The van der Waals surface area contributed by atoms with Gasteiger partial charge in [-0.1, -0.05) is 42.5 Å². The van der Waals surface area contributed by atoms with Gasteiger partial charge in [-0.05, 0) is 66.8 Å². The minimum absolute atomic E-state index is 0. The molecule has 0 saturated heterocycles. The van der Waals surface area contributed by atoms with Crippen LogP contribution in [0.2, 0.25) is 0 Å². The summed E-state index contributed by atoms with van der Waals surface area (Å²) in [6, 6.07) is 15.9.